The van der Waals surface area contributed by atoms with Crippen LogP contribution in [-0.4, -0.2) is 21.7 Å². The minimum absolute atomic E-state index is 0.00530. The van der Waals surface area contributed by atoms with Crippen LogP contribution in [0.3, 0.4) is 0 Å². The third-order valence-corrected chi connectivity index (χ3v) is 8.38. The number of carbonyl (C=O) groups excluding carboxylic acids is 1. The predicted molar refractivity (Wildman–Crippen MR) is 127 cm³/mol. The van der Waals surface area contributed by atoms with Gasteiger partial charge < -0.3 is 5.32 Å². The molecule has 4 saturated carbocycles. The van der Waals surface area contributed by atoms with Gasteiger partial charge in [-0.1, -0.05) is 48.5 Å². The van der Waals surface area contributed by atoms with Gasteiger partial charge in [0.15, 0.2) is 0 Å². The number of nitrogens with one attached hydrogen (secondary N) is 1. The second-order valence-corrected chi connectivity index (χ2v) is 10.5. The Kier molecular flexibility index (Phi) is 4.71. The van der Waals surface area contributed by atoms with E-state index in [1.807, 2.05) is 71.5 Å². The molecular weight excluding hydrogens is 394 g/mol. The zero-order chi connectivity index (χ0) is 21.7. The highest BCUT2D eigenvalue weighted by Crippen LogP contribution is 2.61. The van der Waals surface area contributed by atoms with Gasteiger partial charge in [-0.3, -0.25) is 4.79 Å². The summed E-state index contributed by atoms with van der Waals surface area (Å²) in [6, 6.07) is 20.2. The standard InChI is InChI=1S/C28H31N3O/c1-19(28-15-20-12-21(16-28)14-22(13-20)17-28)29-27(32)25-18-31(24-10-6-3-7-11-24)30-26(25)23-8-4-2-5-9-23/h2-11,18-22H,12-17H2,1H3,(H,29,32). The molecule has 0 aliphatic heterocycles. The summed E-state index contributed by atoms with van der Waals surface area (Å²) in [5, 5.41) is 8.26. The van der Waals surface area contributed by atoms with E-state index in [-0.39, 0.29) is 17.4 Å². The van der Waals surface area contributed by atoms with Crippen LogP contribution in [-0.2, 0) is 0 Å². The normalized spacial score (nSPS) is 29.1. The van der Waals surface area contributed by atoms with Gasteiger partial charge in [-0.15, -0.1) is 0 Å². The van der Waals surface area contributed by atoms with Crippen LogP contribution in [0.5, 0.6) is 0 Å². The molecule has 4 fully saturated rings. The molecule has 1 atom stereocenters. The van der Waals surface area contributed by atoms with Crippen LogP contribution < -0.4 is 5.32 Å². The van der Waals surface area contributed by atoms with E-state index in [1.165, 1.54) is 38.5 Å². The summed E-state index contributed by atoms with van der Waals surface area (Å²) < 4.78 is 1.83. The van der Waals surface area contributed by atoms with Crippen LogP contribution in [0.2, 0.25) is 0 Å². The smallest absolute Gasteiger partial charge is 0.255 e. The first-order valence-electron chi connectivity index (χ1n) is 12.1. The first-order chi connectivity index (χ1) is 15.6. The largest absolute Gasteiger partial charge is 0.349 e. The number of nitrogens with zero attached hydrogens (tertiary/aromatic N) is 2. The average Bonchev–Trinajstić information content (AvgIpc) is 3.25. The number of para-hydroxylation sites is 1. The molecule has 1 heterocycles. The van der Waals surface area contributed by atoms with Crippen LogP contribution >= 0.6 is 0 Å². The summed E-state index contributed by atoms with van der Waals surface area (Å²) in [5.41, 5.74) is 3.60. The van der Waals surface area contributed by atoms with Crippen molar-refractivity contribution in [2.75, 3.05) is 0 Å². The Labute approximate surface area is 190 Å². The Balaban J connectivity index is 1.31. The fraction of sp³-hybridized carbons (Fsp3) is 0.429. The van der Waals surface area contributed by atoms with Gasteiger partial charge in [0.2, 0.25) is 0 Å². The summed E-state index contributed by atoms with van der Waals surface area (Å²) in [7, 11) is 0. The van der Waals surface area contributed by atoms with Gasteiger partial charge in [-0.05, 0) is 80.8 Å². The molecule has 3 aromatic rings. The lowest BCUT2D eigenvalue weighted by atomic mass is 9.48. The van der Waals surface area contributed by atoms with Crippen molar-refractivity contribution in [2.45, 2.75) is 51.5 Å². The minimum Gasteiger partial charge on any atom is -0.349 e. The van der Waals surface area contributed by atoms with Crippen LogP contribution in [0.15, 0.2) is 66.9 Å². The summed E-state index contributed by atoms with van der Waals surface area (Å²) >= 11 is 0. The molecule has 164 valence electrons. The molecule has 1 unspecified atom stereocenters. The van der Waals surface area contributed by atoms with E-state index in [2.05, 4.69) is 12.2 Å². The van der Waals surface area contributed by atoms with E-state index in [0.29, 0.717) is 5.56 Å². The fourth-order valence-electron chi connectivity index (χ4n) is 7.20. The molecule has 0 spiro atoms. The van der Waals surface area contributed by atoms with Crippen LogP contribution in [0.25, 0.3) is 16.9 Å². The zero-order valence-electron chi connectivity index (χ0n) is 18.7. The lowest BCUT2D eigenvalue weighted by Gasteiger charge is -2.59. The summed E-state index contributed by atoms with van der Waals surface area (Å²) in [5.74, 6) is 2.62. The highest BCUT2D eigenvalue weighted by atomic mass is 16.1. The third kappa shape index (κ3) is 3.37. The number of amides is 1. The topological polar surface area (TPSA) is 46.9 Å². The van der Waals surface area contributed by atoms with Gasteiger partial charge in [-0.2, -0.15) is 5.10 Å². The fourth-order valence-corrected chi connectivity index (χ4v) is 7.20. The van der Waals surface area contributed by atoms with Crippen molar-refractivity contribution in [2.24, 2.45) is 23.2 Å². The number of aromatic nitrogens is 2. The molecule has 1 aromatic heterocycles. The van der Waals surface area contributed by atoms with Crippen molar-refractivity contribution in [3.63, 3.8) is 0 Å². The number of hydrogen-bond acceptors (Lipinski definition) is 2. The van der Waals surface area contributed by atoms with Gasteiger partial charge in [-0.25, -0.2) is 4.68 Å². The molecule has 4 nitrogen and oxygen atoms in total. The Bertz CT molecular complexity index is 1080. The van der Waals surface area contributed by atoms with Gasteiger partial charge >= 0.3 is 0 Å². The molecule has 4 heteroatoms. The predicted octanol–water partition coefficient (Wildman–Crippen LogP) is 5.87. The van der Waals surface area contributed by atoms with Crippen molar-refractivity contribution in [3.05, 3.63) is 72.4 Å². The molecule has 4 aliphatic rings. The summed E-state index contributed by atoms with van der Waals surface area (Å²) in [6.07, 6.45) is 10.0. The Morgan fingerprint density at radius 3 is 2.09 bits per heavy atom. The van der Waals surface area contributed by atoms with E-state index in [9.17, 15) is 4.79 Å². The van der Waals surface area contributed by atoms with Crippen molar-refractivity contribution in [1.82, 2.24) is 15.1 Å². The van der Waals surface area contributed by atoms with E-state index < -0.39 is 0 Å². The Morgan fingerprint density at radius 1 is 0.938 bits per heavy atom. The molecule has 2 aromatic carbocycles. The van der Waals surface area contributed by atoms with Crippen LogP contribution in [0, 0.1) is 23.2 Å². The van der Waals surface area contributed by atoms with Gasteiger partial charge in [0, 0.05) is 17.8 Å². The third-order valence-electron chi connectivity index (χ3n) is 8.38. The number of benzene rings is 2. The van der Waals surface area contributed by atoms with E-state index >= 15 is 0 Å². The first kappa shape index (κ1) is 19.8. The second-order valence-electron chi connectivity index (χ2n) is 10.5. The Morgan fingerprint density at radius 2 is 1.50 bits per heavy atom. The molecule has 4 bridgehead atoms. The number of carbonyl (C=O) groups is 1. The average molecular weight is 426 g/mol. The van der Waals surface area contributed by atoms with Crippen molar-refractivity contribution in [3.8, 4) is 16.9 Å². The van der Waals surface area contributed by atoms with E-state index in [1.54, 1.807) is 0 Å². The van der Waals surface area contributed by atoms with Crippen LogP contribution in [0.4, 0.5) is 0 Å². The SMILES string of the molecule is CC(NC(=O)c1cn(-c2ccccc2)nc1-c1ccccc1)C12CC3CC(CC(C3)C1)C2. The lowest BCUT2D eigenvalue weighted by Crippen LogP contribution is -2.55. The van der Waals surface area contributed by atoms with Gasteiger partial charge in [0.25, 0.3) is 5.91 Å². The summed E-state index contributed by atoms with van der Waals surface area (Å²) in [6.45, 7) is 2.24. The molecule has 7 rings (SSSR count). The van der Waals surface area contributed by atoms with Crippen molar-refractivity contribution >= 4 is 5.91 Å². The molecule has 1 N–H and O–H groups in total. The molecule has 1 amide bonds. The summed E-state index contributed by atoms with van der Waals surface area (Å²) in [4.78, 5) is 13.6. The quantitative estimate of drug-likeness (QED) is 0.555. The van der Waals surface area contributed by atoms with Gasteiger partial charge in [0.05, 0.1) is 11.3 Å². The first-order valence-corrected chi connectivity index (χ1v) is 12.1. The van der Waals surface area contributed by atoms with E-state index in [0.717, 1.165) is 34.7 Å². The maximum absolute atomic E-state index is 13.6. The van der Waals surface area contributed by atoms with Gasteiger partial charge in [0.1, 0.15) is 5.69 Å². The highest BCUT2D eigenvalue weighted by Gasteiger charge is 2.53. The highest BCUT2D eigenvalue weighted by molar-refractivity contribution is 6.00. The molecule has 0 saturated heterocycles. The number of rotatable bonds is 5. The molecular formula is C28H31N3O. The maximum Gasteiger partial charge on any atom is 0.255 e. The minimum atomic E-state index is -0.00530. The Hall–Kier alpha value is -2.88. The van der Waals surface area contributed by atoms with Crippen molar-refractivity contribution in [1.29, 1.82) is 0 Å². The van der Waals surface area contributed by atoms with E-state index in [4.69, 9.17) is 5.10 Å². The lowest BCUT2D eigenvalue weighted by molar-refractivity contribution is -0.0687. The second kappa shape index (κ2) is 7.61. The maximum atomic E-state index is 13.6. The number of hydrogen-bond donors (Lipinski definition) is 1. The monoisotopic (exact) mass is 425 g/mol. The van der Waals surface area contributed by atoms with Crippen molar-refractivity contribution < 1.29 is 4.79 Å². The zero-order valence-corrected chi connectivity index (χ0v) is 18.7. The molecule has 0 radical (unpaired) electrons. The van der Waals surface area contributed by atoms with Crippen LogP contribution in [0.1, 0.15) is 55.8 Å². The molecule has 32 heavy (non-hydrogen) atoms. The molecule has 4 aliphatic carbocycles.